The van der Waals surface area contributed by atoms with Gasteiger partial charge in [-0.15, -0.1) is 0 Å². The maximum absolute atomic E-state index is 12.8. The van der Waals surface area contributed by atoms with Crippen molar-refractivity contribution in [3.63, 3.8) is 0 Å². The lowest BCUT2D eigenvalue weighted by molar-refractivity contribution is -0.139. The third-order valence-corrected chi connectivity index (χ3v) is 4.97. The van der Waals surface area contributed by atoms with Gasteiger partial charge in [0, 0.05) is 12.1 Å². The maximum Gasteiger partial charge on any atom is 0.295 e. The fourth-order valence-electron chi connectivity index (χ4n) is 3.44. The zero-order valence-electron chi connectivity index (χ0n) is 15.7. The Kier molecular flexibility index (Phi) is 5.04. The first-order valence-corrected chi connectivity index (χ1v) is 9.00. The Balaban J connectivity index is 2.21. The van der Waals surface area contributed by atoms with Crippen LogP contribution in [0.25, 0.3) is 5.76 Å². The first kappa shape index (κ1) is 18.7. The molecule has 1 unspecified atom stereocenters. The zero-order chi connectivity index (χ0) is 19.7. The summed E-state index contributed by atoms with van der Waals surface area (Å²) in [5.41, 5.74) is 3.20. The molecule has 2 N–H and O–H groups in total. The SMILES string of the molecule is CCCN1C(=O)C(=O)/C(=C(\O)c2ccc(C)c(C)c2)C1c1cccc(O)c1. The van der Waals surface area contributed by atoms with Gasteiger partial charge in [-0.3, -0.25) is 9.59 Å². The van der Waals surface area contributed by atoms with Gasteiger partial charge < -0.3 is 15.1 Å². The van der Waals surface area contributed by atoms with E-state index in [9.17, 15) is 19.8 Å². The second kappa shape index (κ2) is 7.27. The third kappa shape index (κ3) is 3.33. The molecule has 0 bridgehead atoms. The van der Waals surface area contributed by atoms with Crippen LogP contribution in [0.1, 0.15) is 41.6 Å². The van der Waals surface area contributed by atoms with Crippen molar-refractivity contribution in [1.82, 2.24) is 4.90 Å². The molecular weight excluding hydrogens is 342 g/mol. The van der Waals surface area contributed by atoms with Crippen LogP contribution in [0.4, 0.5) is 0 Å². The topological polar surface area (TPSA) is 77.8 Å². The van der Waals surface area contributed by atoms with E-state index in [4.69, 9.17) is 0 Å². The molecule has 2 aromatic rings. The van der Waals surface area contributed by atoms with E-state index in [0.29, 0.717) is 24.1 Å². The summed E-state index contributed by atoms with van der Waals surface area (Å²) < 4.78 is 0. The second-order valence-electron chi connectivity index (χ2n) is 6.89. The van der Waals surface area contributed by atoms with Crippen LogP contribution in [0.15, 0.2) is 48.0 Å². The number of aromatic hydroxyl groups is 1. The van der Waals surface area contributed by atoms with Gasteiger partial charge >= 0.3 is 0 Å². The number of Topliss-reactive ketones (excluding diaryl/α,β-unsaturated/α-hetero) is 1. The van der Waals surface area contributed by atoms with E-state index in [-0.39, 0.29) is 17.1 Å². The number of aryl methyl sites for hydroxylation is 2. The van der Waals surface area contributed by atoms with Crippen LogP contribution < -0.4 is 0 Å². The number of ketones is 1. The molecule has 0 aliphatic carbocycles. The number of phenolic OH excluding ortho intramolecular Hbond substituents is 1. The van der Waals surface area contributed by atoms with Crippen LogP contribution in [0.5, 0.6) is 5.75 Å². The number of phenols is 1. The van der Waals surface area contributed by atoms with Crippen molar-refractivity contribution in [3.05, 3.63) is 70.3 Å². The highest BCUT2D eigenvalue weighted by atomic mass is 16.3. The van der Waals surface area contributed by atoms with Crippen molar-refractivity contribution in [2.45, 2.75) is 33.2 Å². The van der Waals surface area contributed by atoms with Crippen molar-refractivity contribution < 1.29 is 19.8 Å². The first-order chi connectivity index (χ1) is 12.8. The molecule has 1 atom stereocenters. The van der Waals surface area contributed by atoms with Gasteiger partial charge in [-0.05, 0) is 55.2 Å². The number of carbonyl (C=O) groups is 2. The number of carbonyl (C=O) groups excluding carboxylic acids is 2. The summed E-state index contributed by atoms with van der Waals surface area (Å²) in [7, 11) is 0. The standard InChI is InChI=1S/C22H23NO4/c1-4-10-23-19(15-6-5-7-17(24)12-15)18(21(26)22(23)27)20(25)16-9-8-13(2)14(3)11-16/h5-9,11-12,19,24-25H,4,10H2,1-3H3/b20-18-. The smallest absolute Gasteiger partial charge is 0.295 e. The molecule has 2 aromatic carbocycles. The van der Waals surface area contributed by atoms with Gasteiger partial charge in [0.1, 0.15) is 11.5 Å². The van der Waals surface area contributed by atoms with Gasteiger partial charge in [-0.25, -0.2) is 0 Å². The Morgan fingerprint density at radius 2 is 1.81 bits per heavy atom. The van der Waals surface area contributed by atoms with Crippen LogP contribution >= 0.6 is 0 Å². The molecule has 0 saturated carbocycles. The minimum Gasteiger partial charge on any atom is -0.508 e. The van der Waals surface area contributed by atoms with Crippen molar-refractivity contribution in [2.75, 3.05) is 6.54 Å². The Morgan fingerprint density at radius 3 is 2.44 bits per heavy atom. The molecule has 0 aromatic heterocycles. The summed E-state index contributed by atoms with van der Waals surface area (Å²) in [6.45, 7) is 6.19. The van der Waals surface area contributed by atoms with Gasteiger partial charge in [0.05, 0.1) is 11.6 Å². The van der Waals surface area contributed by atoms with Crippen molar-refractivity contribution in [3.8, 4) is 5.75 Å². The van der Waals surface area contributed by atoms with Crippen LogP contribution in [-0.2, 0) is 9.59 Å². The van der Waals surface area contributed by atoms with Crippen molar-refractivity contribution in [1.29, 1.82) is 0 Å². The number of rotatable bonds is 4. The molecule has 1 aliphatic heterocycles. The van der Waals surface area contributed by atoms with Crippen LogP contribution in [-0.4, -0.2) is 33.3 Å². The van der Waals surface area contributed by atoms with Gasteiger partial charge in [-0.1, -0.05) is 31.2 Å². The summed E-state index contributed by atoms with van der Waals surface area (Å²) in [5, 5.41) is 20.8. The lowest BCUT2D eigenvalue weighted by Crippen LogP contribution is -2.30. The number of hydrogen-bond acceptors (Lipinski definition) is 4. The van der Waals surface area contributed by atoms with Gasteiger partial charge in [-0.2, -0.15) is 0 Å². The highest BCUT2D eigenvalue weighted by Gasteiger charge is 2.45. The third-order valence-electron chi connectivity index (χ3n) is 4.97. The molecule has 1 saturated heterocycles. The van der Waals surface area contributed by atoms with Gasteiger partial charge in [0.25, 0.3) is 11.7 Å². The number of amides is 1. The molecule has 0 radical (unpaired) electrons. The summed E-state index contributed by atoms with van der Waals surface area (Å²) in [4.78, 5) is 26.8. The fourth-order valence-corrected chi connectivity index (χ4v) is 3.44. The molecule has 5 heteroatoms. The molecule has 1 heterocycles. The molecule has 0 spiro atoms. The van der Waals surface area contributed by atoms with E-state index >= 15 is 0 Å². The number of likely N-dealkylation sites (tertiary alicyclic amines) is 1. The number of aliphatic hydroxyl groups is 1. The van der Waals surface area contributed by atoms with E-state index in [0.717, 1.165) is 11.1 Å². The van der Waals surface area contributed by atoms with Gasteiger partial charge in [0.15, 0.2) is 0 Å². The fraction of sp³-hybridized carbons (Fsp3) is 0.273. The van der Waals surface area contributed by atoms with Crippen LogP contribution in [0.2, 0.25) is 0 Å². The van der Waals surface area contributed by atoms with E-state index in [1.54, 1.807) is 24.3 Å². The molecule has 5 nitrogen and oxygen atoms in total. The molecular formula is C22H23NO4. The van der Waals surface area contributed by atoms with Crippen molar-refractivity contribution in [2.24, 2.45) is 0 Å². The maximum atomic E-state index is 12.8. The minimum atomic E-state index is -0.723. The van der Waals surface area contributed by atoms with E-state index in [1.165, 1.54) is 17.0 Å². The molecule has 27 heavy (non-hydrogen) atoms. The Morgan fingerprint density at radius 1 is 1.07 bits per heavy atom. The largest absolute Gasteiger partial charge is 0.508 e. The summed E-state index contributed by atoms with van der Waals surface area (Å²) in [5.74, 6) is -1.48. The average molecular weight is 365 g/mol. The Labute approximate surface area is 158 Å². The number of nitrogens with zero attached hydrogens (tertiary/aromatic N) is 1. The first-order valence-electron chi connectivity index (χ1n) is 9.00. The zero-order valence-corrected chi connectivity index (χ0v) is 15.7. The summed E-state index contributed by atoms with van der Waals surface area (Å²) >= 11 is 0. The summed E-state index contributed by atoms with van der Waals surface area (Å²) in [6, 6.07) is 11.1. The summed E-state index contributed by atoms with van der Waals surface area (Å²) in [6.07, 6.45) is 0.673. The van der Waals surface area contributed by atoms with Gasteiger partial charge in [0.2, 0.25) is 0 Å². The monoisotopic (exact) mass is 365 g/mol. The number of aliphatic hydroxyl groups excluding tert-OH is 1. The number of hydrogen-bond donors (Lipinski definition) is 2. The molecule has 1 aliphatic rings. The molecule has 3 rings (SSSR count). The Hall–Kier alpha value is -3.08. The van der Waals surface area contributed by atoms with Crippen molar-refractivity contribution >= 4 is 17.4 Å². The van der Waals surface area contributed by atoms with Crippen LogP contribution in [0, 0.1) is 13.8 Å². The quantitative estimate of drug-likeness (QED) is 0.490. The highest BCUT2D eigenvalue weighted by molar-refractivity contribution is 6.46. The number of benzene rings is 2. The lowest BCUT2D eigenvalue weighted by Gasteiger charge is -2.25. The normalized spacial score (nSPS) is 18.9. The molecule has 1 fully saturated rings. The van der Waals surface area contributed by atoms with Crippen LogP contribution in [0.3, 0.4) is 0 Å². The van der Waals surface area contributed by atoms with E-state index < -0.39 is 17.7 Å². The predicted octanol–water partition coefficient (Wildman–Crippen LogP) is 3.84. The highest BCUT2D eigenvalue weighted by Crippen LogP contribution is 2.40. The van der Waals surface area contributed by atoms with E-state index in [2.05, 4.69) is 0 Å². The molecule has 1 amide bonds. The lowest BCUT2D eigenvalue weighted by atomic mass is 9.94. The average Bonchev–Trinajstić information content (AvgIpc) is 2.89. The predicted molar refractivity (Wildman–Crippen MR) is 103 cm³/mol. The molecule has 140 valence electrons. The Bertz CT molecular complexity index is 945. The van der Waals surface area contributed by atoms with E-state index in [1.807, 2.05) is 26.8 Å². The minimum absolute atomic E-state index is 0.0424. The second-order valence-corrected chi connectivity index (χ2v) is 6.89.